The molecule has 21 heavy (non-hydrogen) atoms. The minimum atomic E-state index is -4.32. The third-order valence-corrected chi connectivity index (χ3v) is 3.85. The quantitative estimate of drug-likeness (QED) is 0.825. The molecule has 2 N–H and O–H groups in total. The van der Waals surface area contributed by atoms with Gasteiger partial charge in [-0.1, -0.05) is 19.4 Å². The van der Waals surface area contributed by atoms with Crippen molar-refractivity contribution in [3.8, 4) is 0 Å². The van der Waals surface area contributed by atoms with E-state index >= 15 is 0 Å². The average molecular weight is 300 g/mol. The van der Waals surface area contributed by atoms with Crippen LogP contribution >= 0.6 is 0 Å². The molecule has 0 unspecified atom stereocenters. The maximum absolute atomic E-state index is 13.4. The Morgan fingerprint density at radius 1 is 1.29 bits per heavy atom. The summed E-state index contributed by atoms with van der Waals surface area (Å²) in [6, 6.07) is 4.95. The summed E-state index contributed by atoms with van der Waals surface area (Å²) in [7, 11) is 0. The first-order chi connectivity index (χ1) is 9.97. The van der Waals surface area contributed by atoms with Crippen LogP contribution in [0.4, 0.5) is 18.9 Å². The summed E-state index contributed by atoms with van der Waals surface area (Å²) in [5.74, 6) is 0. The largest absolute Gasteiger partial charge is 0.418 e. The van der Waals surface area contributed by atoms with Crippen molar-refractivity contribution in [2.24, 2.45) is 5.73 Å². The Labute approximate surface area is 124 Å². The highest BCUT2D eigenvalue weighted by molar-refractivity contribution is 5.58. The molecule has 2 rings (SSSR count). The molecule has 1 fully saturated rings. The molecule has 118 valence electrons. The summed E-state index contributed by atoms with van der Waals surface area (Å²) in [6.45, 7) is 3.11. The summed E-state index contributed by atoms with van der Waals surface area (Å²) < 4.78 is 40.1. The topological polar surface area (TPSA) is 29.3 Å². The van der Waals surface area contributed by atoms with Crippen LogP contribution in [-0.4, -0.2) is 19.1 Å². The first-order valence-corrected chi connectivity index (χ1v) is 7.64. The van der Waals surface area contributed by atoms with E-state index in [1.807, 2.05) is 4.90 Å². The van der Waals surface area contributed by atoms with Crippen molar-refractivity contribution in [3.63, 3.8) is 0 Å². The molecule has 5 heteroatoms. The van der Waals surface area contributed by atoms with Gasteiger partial charge < -0.3 is 10.6 Å². The second-order valence-corrected chi connectivity index (χ2v) is 5.67. The van der Waals surface area contributed by atoms with Crippen molar-refractivity contribution in [1.82, 2.24) is 0 Å². The molecular formula is C16H23F3N2. The number of nitrogens with two attached hydrogens (primary N) is 1. The molecule has 0 amide bonds. The van der Waals surface area contributed by atoms with E-state index < -0.39 is 11.7 Å². The lowest BCUT2D eigenvalue weighted by Gasteiger charge is -2.28. The Hall–Kier alpha value is -1.23. The molecule has 1 aliphatic rings. The molecule has 1 aliphatic carbocycles. The van der Waals surface area contributed by atoms with E-state index in [4.69, 9.17) is 5.73 Å². The number of alkyl halides is 3. The number of hydrogen-bond acceptors (Lipinski definition) is 2. The van der Waals surface area contributed by atoms with Crippen molar-refractivity contribution >= 4 is 5.69 Å². The zero-order valence-corrected chi connectivity index (χ0v) is 12.4. The van der Waals surface area contributed by atoms with Gasteiger partial charge in [-0.3, -0.25) is 0 Å². The van der Waals surface area contributed by atoms with Crippen LogP contribution in [0.1, 0.15) is 43.7 Å². The van der Waals surface area contributed by atoms with Crippen LogP contribution in [0.25, 0.3) is 0 Å². The van der Waals surface area contributed by atoms with Gasteiger partial charge in [0.1, 0.15) is 0 Å². The first kappa shape index (κ1) is 16.1. The number of hydrogen-bond donors (Lipinski definition) is 1. The van der Waals surface area contributed by atoms with Crippen LogP contribution in [0.15, 0.2) is 18.2 Å². The summed E-state index contributed by atoms with van der Waals surface area (Å²) in [5, 5.41) is 0. The van der Waals surface area contributed by atoms with Crippen molar-refractivity contribution in [3.05, 3.63) is 29.3 Å². The molecule has 0 heterocycles. The third-order valence-electron chi connectivity index (χ3n) is 3.85. The van der Waals surface area contributed by atoms with E-state index in [2.05, 4.69) is 6.92 Å². The highest BCUT2D eigenvalue weighted by atomic mass is 19.4. The van der Waals surface area contributed by atoms with Gasteiger partial charge in [0.15, 0.2) is 0 Å². The monoisotopic (exact) mass is 300 g/mol. The summed E-state index contributed by atoms with van der Waals surface area (Å²) >= 11 is 0. The molecule has 0 aromatic heterocycles. The Balaban J connectivity index is 2.35. The van der Waals surface area contributed by atoms with Crippen molar-refractivity contribution < 1.29 is 13.2 Å². The van der Waals surface area contributed by atoms with Crippen LogP contribution in [-0.2, 0) is 12.6 Å². The number of rotatable bonds is 7. The molecule has 0 spiro atoms. The van der Waals surface area contributed by atoms with Crippen molar-refractivity contribution in [2.45, 2.75) is 51.2 Å². The minimum Gasteiger partial charge on any atom is -0.368 e. The normalized spacial score (nSPS) is 15.3. The van der Waals surface area contributed by atoms with Gasteiger partial charge in [0.2, 0.25) is 0 Å². The number of halogens is 3. The summed E-state index contributed by atoms with van der Waals surface area (Å²) in [6.07, 6.45) is 0.0341. The highest BCUT2D eigenvalue weighted by Crippen LogP contribution is 2.41. The predicted octanol–water partition coefficient (Wildman–Crippen LogP) is 3.98. The average Bonchev–Trinajstić information content (AvgIpc) is 3.24. The molecule has 0 saturated heterocycles. The lowest BCUT2D eigenvalue weighted by molar-refractivity contribution is -0.137. The third kappa shape index (κ3) is 4.13. The molecule has 0 radical (unpaired) electrons. The number of unbranched alkanes of at least 4 members (excludes halogenated alkanes) is 1. The van der Waals surface area contributed by atoms with E-state index in [1.54, 1.807) is 12.1 Å². The van der Waals surface area contributed by atoms with Gasteiger partial charge in [0.05, 0.1) is 5.56 Å². The SMILES string of the molecule is CCCCN(c1ccc(CCN)cc1C(F)(F)F)C1CC1. The minimum absolute atomic E-state index is 0.276. The van der Waals surface area contributed by atoms with Crippen molar-refractivity contribution in [1.29, 1.82) is 0 Å². The molecule has 1 aromatic carbocycles. The standard InChI is InChI=1S/C16H23F3N2/c1-2-3-10-21(13-5-6-13)15-7-4-12(8-9-20)11-14(15)16(17,18)19/h4,7,11,13H,2-3,5-6,8-10,20H2,1H3. The van der Waals surface area contributed by atoms with E-state index in [9.17, 15) is 13.2 Å². The Morgan fingerprint density at radius 2 is 2.00 bits per heavy atom. The fraction of sp³-hybridized carbons (Fsp3) is 0.625. The van der Waals surface area contributed by atoms with Gasteiger partial charge in [0, 0.05) is 18.3 Å². The fourth-order valence-electron chi connectivity index (χ4n) is 2.60. The van der Waals surface area contributed by atoms with E-state index in [1.165, 1.54) is 6.07 Å². The summed E-state index contributed by atoms with van der Waals surface area (Å²) in [4.78, 5) is 1.94. The highest BCUT2D eigenvalue weighted by Gasteiger charge is 2.38. The molecule has 0 bridgehead atoms. The van der Waals surface area contributed by atoms with Gasteiger partial charge in [0.25, 0.3) is 0 Å². The summed E-state index contributed by atoms with van der Waals surface area (Å²) in [5.41, 5.74) is 5.92. The van der Waals surface area contributed by atoms with Gasteiger partial charge in [-0.2, -0.15) is 13.2 Å². The molecule has 2 nitrogen and oxygen atoms in total. The number of anilines is 1. The predicted molar refractivity (Wildman–Crippen MR) is 79.5 cm³/mol. The Bertz CT molecular complexity index is 467. The van der Waals surface area contributed by atoms with Crippen LogP contribution in [0, 0.1) is 0 Å². The van der Waals surface area contributed by atoms with E-state index in [0.29, 0.717) is 30.8 Å². The number of benzene rings is 1. The fourth-order valence-corrected chi connectivity index (χ4v) is 2.60. The zero-order chi connectivity index (χ0) is 15.5. The van der Waals surface area contributed by atoms with E-state index in [-0.39, 0.29) is 6.04 Å². The van der Waals surface area contributed by atoms with Crippen LogP contribution in [0.2, 0.25) is 0 Å². The van der Waals surface area contributed by atoms with Gasteiger partial charge in [-0.05, 0) is 49.9 Å². The van der Waals surface area contributed by atoms with Gasteiger partial charge in [-0.15, -0.1) is 0 Å². The van der Waals surface area contributed by atoms with Crippen LogP contribution in [0.3, 0.4) is 0 Å². The van der Waals surface area contributed by atoms with Crippen molar-refractivity contribution in [2.75, 3.05) is 18.0 Å². The second-order valence-electron chi connectivity index (χ2n) is 5.67. The second kappa shape index (κ2) is 6.69. The van der Waals surface area contributed by atoms with E-state index in [0.717, 1.165) is 25.7 Å². The maximum atomic E-state index is 13.4. The molecule has 0 atom stereocenters. The lowest BCUT2D eigenvalue weighted by atomic mass is 10.0. The van der Waals surface area contributed by atoms with Crippen LogP contribution in [0.5, 0.6) is 0 Å². The molecule has 1 saturated carbocycles. The molecule has 1 aromatic rings. The smallest absolute Gasteiger partial charge is 0.368 e. The molecule has 0 aliphatic heterocycles. The number of nitrogens with zero attached hydrogens (tertiary/aromatic N) is 1. The molecular weight excluding hydrogens is 277 g/mol. The Morgan fingerprint density at radius 3 is 2.52 bits per heavy atom. The lowest BCUT2D eigenvalue weighted by Crippen LogP contribution is -2.29. The first-order valence-electron chi connectivity index (χ1n) is 7.64. The van der Waals surface area contributed by atoms with Gasteiger partial charge >= 0.3 is 6.18 Å². The maximum Gasteiger partial charge on any atom is 0.418 e. The Kier molecular flexibility index (Phi) is 5.14. The van der Waals surface area contributed by atoms with Crippen LogP contribution < -0.4 is 10.6 Å². The zero-order valence-electron chi connectivity index (χ0n) is 12.4. The van der Waals surface area contributed by atoms with Gasteiger partial charge in [-0.25, -0.2) is 0 Å².